The zero-order valence-electron chi connectivity index (χ0n) is 11.6. The van der Waals surface area contributed by atoms with Gasteiger partial charge in [-0.1, -0.05) is 0 Å². The van der Waals surface area contributed by atoms with Crippen molar-refractivity contribution in [1.29, 1.82) is 0 Å². The van der Waals surface area contributed by atoms with Crippen LogP contribution in [0.1, 0.15) is 25.3 Å². The zero-order valence-corrected chi connectivity index (χ0v) is 12.4. The molecule has 2 rings (SSSR count). The van der Waals surface area contributed by atoms with Gasteiger partial charge in [-0.2, -0.15) is 0 Å². The molecule has 1 aromatic rings. The first kappa shape index (κ1) is 15.9. The highest BCUT2D eigenvalue weighted by atomic mass is 32.2. The number of aromatic nitrogens is 2. The van der Waals surface area contributed by atoms with Crippen molar-refractivity contribution in [3.63, 3.8) is 0 Å². The summed E-state index contributed by atoms with van der Waals surface area (Å²) < 4.78 is 27.7. The molecule has 0 saturated carbocycles. The summed E-state index contributed by atoms with van der Waals surface area (Å²) in [6.07, 6.45) is 6.69. The predicted molar refractivity (Wildman–Crippen MR) is 76.1 cm³/mol. The van der Waals surface area contributed by atoms with Crippen LogP contribution in [0.5, 0.6) is 0 Å². The monoisotopic (exact) mass is 316 g/mol. The number of carbonyl (C=O) groups is 1. The maximum Gasteiger partial charge on any atom is 0.320 e. The number of imidazole rings is 1. The minimum atomic E-state index is -3.44. The molecule has 118 valence electrons. The van der Waals surface area contributed by atoms with Gasteiger partial charge in [0.05, 0.1) is 12.1 Å². The molecule has 0 aliphatic carbocycles. The highest BCUT2D eigenvalue weighted by Gasteiger charge is 2.29. The molecule has 0 radical (unpaired) electrons. The van der Waals surface area contributed by atoms with E-state index in [-0.39, 0.29) is 18.2 Å². The number of carboxylic acid groups (broad SMARTS) is 1. The normalized spacial score (nSPS) is 19.5. The van der Waals surface area contributed by atoms with Gasteiger partial charge in [0.2, 0.25) is 10.0 Å². The fraction of sp³-hybridized carbons (Fsp3) is 0.667. The number of sulfonamides is 1. The second kappa shape index (κ2) is 6.54. The minimum absolute atomic E-state index is 0.0703. The van der Waals surface area contributed by atoms with Crippen LogP contribution in [0.15, 0.2) is 18.7 Å². The Morgan fingerprint density at radius 3 is 2.62 bits per heavy atom. The largest absolute Gasteiger partial charge is 0.480 e. The van der Waals surface area contributed by atoms with Crippen molar-refractivity contribution >= 4 is 16.0 Å². The van der Waals surface area contributed by atoms with Crippen molar-refractivity contribution in [2.45, 2.75) is 31.3 Å². The second-order valence-electron chi connectivity index (χ2n) is 5.19. The van der Waals surface area contributed by atoms with Crippen molar-refractivity contribution in [2.24, 2.45) is 5.73 Å². The Morgan fingerprint density at radius 2 is 2.10 bits per heavy atom. The third-order valence-corrected chi connectivity index (χ3v) is 5.67. The van der Waals surface area contributed by atoms with Crippen molar-refractivity contribution in [3.05, 3.63) is 18.7 Å². The molecule has 1 unspecified atom stereocenters. The highest BCUT2D eigenvalue weighted by Crippen LogP contribution is 2.24. The van der Waals surface area contributed by atoms with Gasteiger partial charge in [-0.05, 0) is 19.3 Å². The van der Waals surface area contributed by atoms with Gasteiger partial charge in [0.1, 0.15) is 6.04 Å². The van der Waals surface area contributed by atoms with E-state index in [9.17, 15) is 13.2 Å². The van der Waals surface area contributed by atoms with Gasteiger partial charge >= 0.3 is 5.97 Å². The molecule has 1 aromatic heterocycles. The smallest absolute Gasteiger partial charge is 0.320 e. The summed E-state index contributed by atoms with van der Waals surface area (Å²) in [5.74, 6) is -1.40. The van der Waals surface area contributed by atoms with Gasteiger partial charge in [0, 0.05) is 31.5 Å². The minimum Gasteiger partial charge on any atom is -0.480 e. The first-order chi connectivity index (χ1) is 9.90. The highest BCUT2D eigenvalue weighted by molar-refractivity contribution is 7.89. The van der Waals surface area contributed by atoms with Gasteiger partial charge < -0.3 is 15.4 Å². The fourth-order valence-corrected chi connectivity index (χ4v) is 4.01. The summed E-state index contributed by atoms with van der Waals surface area (Å²) in [5.41, 5.74) is 5.35. The van der Waals surface area contributed by atoms with Gasteiger partial charge in [-0.3, -0.25) is 4.79 Å². The molecule has 0 spiro atoms. The second-order valence-corrected chi connectivity index (χ2v) is 7.28. The van der Waals surface area contributed by atoms with E-state index in [2.05, 4.69) is 4.98 Å². The number of rotatable bonds is 6. The molecular weight excluding hydrogens is 296 g/mol. The lowest BCUT2D eigenvalue weighted by Crippen LogP contribution is -2.41. The number of hydrogen-bond acceptors (Lipinski definition) is 5. The molecule has 1 atom stereocenters. The molecule has 3 N–H and O–H groups in total. The van der Waals surface area contributed by atoms with Crippen LogP contribution < -0.4 is 5.73 Å². The quantitative estimate of drug-likeness (QED) is 0.740. The van der Waals surface area contributed by atoms with Crippen LogP contribution in [0.25, 0.3) is 0 Å². The Labute approximate surface area is 123 Å². The van der Waals surface area contributed by atoms with E-state index in [1.165, 1.54) is 4.31 Å². The summed E-state index contributed by atoms with van der Waals surface area (Å²) in [6.45, 7) is 0.876. The van der Waals surface area contributed by atoms with Crippen LogP contribution in [0.4, 0.5) is 0 Å². The van der Waals surface area contributed by atoms with Crippen molar-refractivity contribution in [2.75, 3.05) is 18.8 Å². The molecule has 9 heteroatoms. The third kappa shape index (κ3) is 4.02. The van der Waals surface area contributed by atoms with E-state index in [0.717, 1.165) is 12.8 Å². The zero-order chi connectivity index (χ0) is 15.5. The van der Waals surface area contributed by atoms with E-state index >= 15 is 0 Å². The number of nitrogens with two attached hydrogens (primary N) is 1. The molecule has 0 aromatic carbocycles. The molecular formula is C12H20N4O4S. The molecule has 1 aliphatic heterocycles. The third-order valence-electron chi connectivity index (χ3n) is 3.77. The van der Waals surface area contributed by atoms with E-state index in [1.807, 2.05) is 10.8 Å². The average Bonchev–Trinajstić information content (AvgIpc) is 2.99. The molecule has 21 heavy (non-hydrogen) atoms. The first-order valence-electron chi connectivity index (χ1n) is 6.84. The summed E-state index contributed by atoms with van der Waals surface area (Å²) >= 11 is 0. The lowest BCUT2D eigenvalue weighted by Gasteiger charge is -2.31. The van der Waals surface area contributed by atoms with E-state index in [4.69, 9.17) is 10.8 Å². The number of aliphatic carboxylic acids is 1. The summed E-state index contributed by atoms with van der Waals surface area (Å²) in [5, 5.41) is 8.69. The van der Waals surface area contributed by atoms with E-state index < -0.39 is 22.0 Å². The Kier molecular flexibility index (Phi) is 4.96. The Balaban J connectivity index is 1.87. The summed E-state index contributed by atoms with van der Waals surface area (Å²) in [4.78, 5) is 14.6. The standard InChI is InChI=1S/C12H20N4O4S/c13-11(12(17)18)3-8-21(19,20)16-5-1-10(2-6-16)15-7-4-14-9-15/h4,7,9-11H,1-3,5-6,8,13H2,(H,17,18). The predicted octanol–water partition coefficient (Wildman–Crippen LogP) is -0.348. The van der Waals surface area contributed by atoms with Crippen LogP contribution in [-0.4, -0.2) is 58.2 Å². The van der Waals surface area contributed by atoms with Crippen LogP contribution >= 0.6 is 0 Å². The van der Waals surface area contributed by atoms with Crippen LogP contribution in [-0.2, 0) is 14.8 Å². The van der Waals surface area contributed by atoms with E-state index in [0.29, 0.717) is 13.1 Å². The SMILES string of the molecule is NC(CCS(=O)(=O)N1CCC(n2ccnc2)CC1)C(=O)O. The number of hydrogen-bond donors (Lipinski definition) is 2. The molecule has 0 amide bonds. The average molecular weight is 316 g/mol. The van der Waals surface area contributed by atoms with Crippen molar-refractivity contribution < 1.29 is 18.3 Å². The molecule has 0 bridgehead atoms. The lowest BCUT2D eigenvalue weighted by atomic mass is 10.1. The van der Waals surface area contributed by atoms with Crippen LogP contribution in [0.2, 0.25) is 0 Å². The molecule has 2 heterocycles. The summed E-state index contributed by atoms with van der Waals surface area (Å²) in [6, 6.07) is -0.872. The lowest BCUT2D eigenvalue weighted by molar-refractivity contribution is -0.138. The van der Waals surface area contributed by atoms with Crippen LogP contribution in [0.3, 0.4) is 0 Å². The van der Waals surface area contributed by atoms with Crippen molar-refractivity contribution in [3.8, 4) is 0 Å². The topological polar surface area (TPSA) is 119 Å². The Morgan fingerprint density at radius 1 is 1.43 bits per heavy atom. The van der Waals surface area contributed by atoms with Gasteiger partial charge in [-0.25, -0.2) is 17.7 Å². The maximum atomic E-state index is 12.2. The molecule has 8 nitrogen and oxygen atoms in total. The Bertz CT molecular complexity index is 564. The molecule has 1 fully saturated rings. The number of carboxylic acids is 1. The number of nitrogens with zero attached hydrogens (tertiary/aromatic N) is 3. The molecule has 1 aliphatic rings. The maximum absolute atomic E-state index is 12.2. The summed E-state index contributed by atoms with van der Waals surface area (Å²) in [7, 11) is -3.44. The van der Waals surface area contributed by atoms with E-state index in [1.54, 1.807) is 12.5 Å². The fourth-order valence-electron chi connectivity index (χ4n) is 2.43. The van der Waals surface area contributed by atoms with Gasteiger partial charge in [-0.15, -0.1) is 0 Å². The molecule has 1 saturated heterocycles. The Hall–Kier alpha value is -1.45. The van der Waals surface area contributed by atoms with Crippen molar-refractivity contribution in [1.82, 2.24) is 13.9 Å². The van der Waals surface area contributed by atoms with Gasteiger partial charge in [0.15, 0.2) is 0 Å². The first-order valence-corrected chi connectivity index (χ1v) is 8.45. The van der Waals surface area contributed by atoms with Crippen LogP contribution in [0, 0.1) is 0 Å². The van der Waals surface area contributed by atoms with Gasteiger partial charge in [0.25, 0.3) is 0 Å². The number of piperidine rings is 1.